The van der Waals surface area contributed by atoms with Gasteiger partial charge in [-0.2, -0.15) is 0 Å². The normalized spacial score (nSPS) is 11.2. The molecule has 0 aliphatic heterocycles. The van der Waals surface area contributed by atoms with Gasteiger partial charge < -0.3 is 9.80 Å². The van der Waals surface area contributed by atoms with Gasteiger partial charge in [-0.1, -0.05) is 13.8 Å². The van der Waals surface area contributed by atoms with Crippen LogP contribution in [0.5, 0.6) is 0 Å². The predicted molar refractivity (Wildman–Crippen MR) is 73.0 cm³/mol. The Morgan fingerprint density at radius 2 is 1.47 bits per heavy atom. The van der Waals surface area contributed by atoms with Crippen LogP contribution in [-0.4, -0.2) is 27.2 Å². The molecule has 4 heteroatoms. The van der Waals surface area contributed by atoms with Crippen LogP contribution in [-0.2, 0) is 0 Å². The Morgan fingerprint density at radius 3 is 1.88 bits per heavy atom. The van der Waals surface area contributed by atoms with Crippen molar-refractivity contribution in [3.63, 3.8) is 0 Å². The monoisotopic (exact) mass is 238 g/mol. The third-order valence-corrected chi connectivity index (χ3v) is 3.14. The quantitative estimate of drug-likeness (QED) is 0.699. The highest BCUT2D eigenvalue weighted by Gasteiger charge is 2.26. The average Bonchev–Trinajstić information content (AvgIpc) is 2.30. The molecule has 0 radical (unpaired) electrons. The summed E-state index contributed by atoms with van der Waals surface area (Å²) >= 11 is 0. The Bertz CT molecular complexity index is 444. The van der Waals surface area contributed by atoms with Crippen molar-refractivity contribution in [2.45, 2.75) is 27.2 Å². The first-order valence-corrected chi connectivity index (χ1v) is 6.15. The molecule has 0 aromatic heterocycles. The first kappa shape index (κ1) is 13.7. The molecule has 0 unspecified atom stereocenters. The largest absolute Gasteiger partial charge is 0.370 e. The second-order valence-electron chi connectivity index (χ2n) is 4.97. The lowest BCUT2D eigenvalue weighted by atomic mass is 10.1. The molecule has 0 fully saturated rings. The van der Waals surface area contributed by atoms with E-state index in [0.717, 1.165) is 19.5 Å². The third-order valence-electron chi connectivity index (χ3n) is 3.14. The van der Waals surface area contributed by atoms with Gasteiger partial charge in [0.15, 0.2) is 0 Å². The highest BCUT2D eigenvalue weighted by atomic mass is 16.2. The molecule has 1 rings (SSSR count). The highest BCUT2D eigenvalue weighted by Crippen LogP contribution is 2.22. The van der Waals surface area contributed by atoms with E-state index in [2.05, 4.69) is 13.8 Å². The summed E-state index contributed by atoms with van der Waals surface area (Å²) in [4.78, 5) is 26.9. The van der Waals surface area contributed by atoms with Gasteiger partial charge in [-0.25, -0.2) is 0 Å². The van der Waals surface area contributed by atoms with E-state index in [4.69, 9.17) is 0 Å². The van der Waals surface area contributed by atoms with Crippen molar-refractivity contribution in [1.29, 1.82) is 0 Å². The zero-order chi connectivity index (χ0) is 13.2. The van der Waals surface area contributed by atoms with Crippen LogP contribution in [0.15, 0.2) is 9.59 Å². The highest BCUT2D eigenvalue weighted by molar-refractivity contribution is 5.75. The van der Waals surface area contributed by atoms with Crippen molar-refractivity contribution in [2.75, 3.05) is 37.0 Å². The Labute approximate surface area is 103 Å². The molecule has 17 heavy (non-hydrogen) atoms. The summed E-state index contributed by atoms with van der Waals surface area (Å²) in [6.45, 7) is 7.81. The van der Waals surface area contributed by atoms with Crippen LogP contribution < -0.4 is 20.7 Å². The average molecular weight is 238 g/mol. The van der Waals surface area contributed by atoms with Crippen molar-refractivity contribution >= 4 is 11.4 Å². The van der Waals surface area contributed by atoms with Crippen LogP contribution in [0.2, 0.25) is 0 Å². The second-order valence-corrected chi connectivity index (χ2v) is 4.97. The summed E-state index contributed by atoms with van der Waals surface area (Å²) in [5.74, 6) is 0.594. The first-order valence-electron chi connectivity index (χ1n) is 6.15. The second kappa shape index (κ2) is 5.34. The molecule has 0 amide bonds. The molecule has 4 nitrogen and oxygen atoms in total. The molecule has 96 valence electrons. The lowest BCUT2D eigenvalue weighted by Gasteiger charge is -2.28. The minimum absolute atomic E-state index is 0.341. The van der Waals surface area contributed by atoms with Crippen molar-refractivity contribution in [3.05, 3.63) is 20.4 Å². The van der Waals surface area contributed by atoms with E-state index >= 15 is 0 Å². The molecule has 0 aliphatic rings. The van der Waals surface area contributed by atoms with E-state index in [9.17, 15) is 9.59 Å². The molecule has 1 aromatic rings. The van der Waals surface area contributed by atoms with E-state index in [-0.39, 0.29) is 10.9 Å². The summed E-state index contributed by atoms with van der Waals surface area (Å²) < 4.78 is 0. The molecular weight excluding hydrogens is 216 g/mol. The van der Waals surface area contributed by atoms with Crippen molar-refractivity contribution in [2.24, 2.45) is 5.92 Å². The number of hydrogen-bond donors (Lipinski definition) is 0. The fourth-order valence-electron chi connectivity index (χ4n) is 1.80. The minimum Gasteiger partial charge on any atom is -0.370 e. The van der Waals surface area contributed by atoms with Gasteiger partial charge in [0.25, 0.3) is 10.9 Å². The van der Waals surface area contributed by atoms with Crippen LogP contribution in [0.4, 0.5) is 11.4 Å². The van der Waals surface area contributed by atoms with Crippen molar-refractivity contribution < 1.29 is 0 Å². The molecule has 0 atom stereocenters. The molecule has 0 saturated carbocycles. The molecule has 0 bridgehead atoms. The Morgan fingerprint density at radius 1 is 1.00 bits per heavy atom. The number of nitrogens with zero attached hydrogens (tertiary/aromatic N) is 2. The maximum absolute atomic E-state index is 11.6. The summed E-state index contributed by atoms with van der Waals surface area (Å²) in [6.07, 6.45) is 1.02. The lowest BCUT2D eigenvalue weighted by molar-refractivity contribution is 0.584. The van der Waals surface area contributed by atoms with E-state index in [1.165, 1.54) is 0 Å². The molecule has 1 aromatic carbocycles. The molecule has 0 spiro atoms. The standard InChI is InChI=1S/C13H22N2O2/c1-6-14(4)10-11(13(17)12(10)16)15(5)8-7-9(2)3/h9H,6-8H2,1-5H3. The topological polar surface area (TPSA) is 40.6 Å². The van der Waals surface area contributed by atoms with Gasteiger partial charge in [-0.05, 0) is 19.3 Å². The fourth-order valence-corrected chi connectivity index (χ4v) is 1.80. The summed E-state index contributed by atoms with van der Waals surface area (Å²) in [7, 11) is 3.72. The SMILES string of the molecule is CCN(C)c1c(N(C)CCC(C)C)c(=O)c1=O. The van der Waals surface area contributed by atoms with Crippen LogP contribution in [0, 0.1) is 5.92 Å². The number of hydrogen-bond acceptors (Lipinski definition) is 4. The van der Waals surface area contributed by atoms with E-state index in [1.807, 2.05) is 30.8 Å². The molecular formula is C13H22N2O2. The third kappa shape index (κ3) is 2.68. The maximum atomic E-state index is 11.6. The molecule has 0 aliphatic carbocycles. The minimum atomic E-state index is -0.347. The van der Waals surface area contributed by atoms with E-state index < -0.39 is 0 Å². The van der Waals surface area contributed by atoms with Crippen molar-refractivity contribution in [3.8, 4) is 0 Å². The van der Waals surface area contributed by atoms with Gasteiger partial charge in [0.1, 0.15) is 11.4 Å². The first-order chi connectivity index (χ1) is 7.90. The smallest absolute Gasteiger partial charge is 0.253 e. The van der Waals surface area contributed by atoms with Gasteiger partial charge in [-0.3, -0.25) is 9.59 Å². The summed E-state index contributed by atoms with van der Waals surface area (Å²) in [6, 6.07) is 0. The molecule has 0 N–H and O–H groups in total. The molecule has 0 saturated heterocycles. The maximum Gasteiger partial charge on any atom is 0.253 e. The van der Waals surface area contributed by atoms with Gasteiger partial charge >= 0.3 is 0 Å². The van der Waals surface area contributed by atoms with Crippen molar-refractivity contribution in [1.82, 2.24) is 0 Å². The fraction of sp³-hybridized carbons (Fsp3) is 0.692. The van der Waals surface area contributed by atoms with Gasteiger partial charge in [0.2, 0.25) is 0 Å². The lowest BCUT2D eigenvalue weighted by Crippen LogP contribution is -2.44. The summed E-state index contributed by atoms with van der Waals surface area (Å²) in [5.41, 5.74) is 0.469. The van der Waals surface area contributed by atoms with Gasteiger partial charge in [0.05, 0.1) is 0 Å². The van der Waals surface area contributed by atoms with Gasteiger partial charge in [-0.15, -0.1) is 0 Å². The Balaban J connectivity index is 2.87. The zero-order valence-electron chi connectivity index (χ0n) is 11.4. The van der Waals surface area contributed by atoms with Gasteiger partial charge in [0, 0.05) is 27.2 Å². The van der Waals surface area contributed by atoms with Crippen LogP contribution in [0.1, 0.15) is 27.2 Å². The predicted octanol–water partition coefficient (Wildman–Crippen LogP) is 1.22. The zero-order valence-corrected chi connectivity index (χ0v) is 11.4. The molecule has 0 heterocycles. The number of anilines is 2. The van der Waals surface area contributed by atoms with E-state index in [0.29, 0.717) is 17.3 Å². The van der Waals surface area contributed by atoms with Crippen LogP contribution in [0.3, 0.4) is 0 Å². The van der Waals surface area contributed by atoms with Crippen LogP contribution >= 0.6 is 0 Å². The van der Waals surface area contributed by atoms with Crippen LogP contribution in [0.25, 0.3) is 0 Å². The Hall–Kier alpha value is -1.32. The summed E-state index contributed by atoms with van der Waals surface area (Å²) in [5, 5.41) is 0. The Kier molecular flexibility index (Phi) is 4.32. The van der Waals surface area contributed by atoms with E-state index in [1.54, 1.807) is 0 Å². The number of rotatable bonds is 6.